The van der Waals surface area contributed by atoms with Gasteiger partial charge in [-0.3, -0.25) is 0 Å². The van der Waals surface area contributed by atoms with Gasteiger partial charge in [-0.2, -0.15) is 0 Å². The van der Waals surface area contributed by atoms with Crippen molar-refractivity contribution in [2.75, 3.05) is 0 Å². The molecule has 0 spiro atoms. The summed E-state index contributed by atoms with van der Waals surface area (Å²) in [6, 6.07) is 16.6. The van der Waals surface area contributed by atoms with Crippen molar-refractivity contribution in [3.05, 3.63) is 71.8 Å². The molecule has 0 N–H and O–H groups in total. The number of aryl methyl sites for hydroxylation is 1. The average molecular weight is 296 g/mol. The van der Waals surface area contributed by atoms with Crippen molar-refractivity contribution in [2.24, 2.45) is 0 Å². The molecule has 0 saturated carbocycles. The Balaban J connectivity index is 1.94. The smallest absolute Gasteiger partial charge is 0.159 e. The third-order valence-corrected chi connectivity index (χ3v) is 3.99. The van der Waals surface area contributed by atoms with E-state index in [1.165, 1.54) is 30.5 Å². The van der Waals surface area contributed by atoms with Crippen molar-refractivity contribution in [1.29, 1.82) is 0 Å². The fraction of sp³-hybridized carbons (Fsp3) is 0.200. The Kier molecular flexibility index (Phi) is 4.19. The normalized spacial score (nSPS) is 11.0. The second-order valence-electron chi connectivity index (χ2n) is 5.63. The van der Waals surface area contributed by atoms with Gasteiger partial charge in [-0.1, -0.05) is 49.7 Å². The molecule has 0 amide bonds. The second kappa shape index (κ2) is 6.27. The molecule has 3 rings (SSSR count). The summed E-state index contributed by atoms with van der Waals surface area (Å²) in [7, 11) is 0. The van der Waals surface area contributed by atoms with Gasteiger partial charge in [0.05, 0.1) is 0 Å². The predicted molar refractivity (Wildman–Crippen MR) is 87.9 cm³/mol. The molecule has 0 unspecified atom stereocenters. The van der Waals surface area contributed by atoms with Gasteiger partial charge >= 0.3 is 0 Å². The summed E-state index contributed by atoms with van der Waals surface area (Å²) < 4.78 is 26.6. The fourth-order valence-electron chi connectivity index (χ4n) is 2.67. The maximum Gasteiger partial charge on any atom is 0.159 e. The molecule has 0 radical (unpaired) electrons. The Morgan fingerprint density at radius 1 is 0.727 bits per heavy atom. The number of rotatable bonds is 4. The maximum atomic E-state index is 13.4. The zero-order valence-corrected chi connectivity index (χ0v) is 12.6. The largest absolute Gasteiger partial charge is 0.204 e. The Hall–Kier alpha value is -2.22. The lowest BCUT2D eigenvalue weighted by Crippen LogP contribution is -1.87. The number of unbranched alkanes of at least 4 members (excludes halogenated alkanes) is 1. The zero-order valence-electron chi connectivity index (χ0n) is 12.6. The van der Waals surface area contributed by atoms with Crippen molar-refractivity contribution < 1.29 is 8.78 Å². The molecule has 0 bridgehead atoms. The van der Waals surface area contributed by atoms with E-state index in [1.54, 1.807) is 0 Å². The van der Waals surface area contributed by atoms with Gasteiger partial charge < -0.3 is 0 Å². The molecule has 22 heavy (non-hydrogen) atoms. The number of benzene rings is 3. The highest BCUT2D eigenvalue weighted by Crippen LogP contribution is 2.26. The first-order chi connectivity index (χ1) is 10.7. The minimum atomic E-state index is -0.806. The van der Waals surface area contributed by atoms with Crippen molar-refractivity contribution in [3.63, 3.8) is 0 Å². The van der Waals surface area contributed by atoms with Gasteiger partial charge in [0.2, 0.25) is 0 Å². The molecule has 3 aromatic rings. The number of halogens is 2. The van der Waals surface area contributed by atoms with Gasteiger partial charge in [0, 0.05) is 0 Å². The summed E-state index contributed by atoms with van der Waals surface area (Å²) in [6.45, 7) is 2.19. The summed E-state index contributed by atoms with van der Waals surface area (Å²) in [5.74, 6) is -1.61. The predicted octanol–water partition coefficient (Wildman–Crippen LogP) is 6.13. The van der Waals surface area contributed by atoms with Crippen LogP contribution in [0, 0.1) is 11.6 Å². The van der Waals surface area contributed by atoms with Crippen LogP contribution in [-0.2, 0) is 6.42 Å². The quantitative estimate of drug-likeness (QED) is 0.543. The van der Waals surface area contributed by atoms with Gasteiger partial charge in [-0.15, -0.1) is 0 Å². The minimum absolute atomic E-state index is 0.710. The number of fused-ring (bicyclic) bond motifs is 1. The zero-order chi connectivity index (χ0) is 15.5. The average Bonchev–Trinajstić information content (AvgIpc) is 2.54. The molecular formula is C20H18F2. The van der Waals surface area contributed by atoms with E-state index in [9.17, 15) is 8.78 Å². The molecule has 0 aliphatic rings. The van der Waals surface area contributed by atoms with E-state index in [2.05, 4.69) is 31.2 Å². The Labute approximate surface area is 129 Å². The molecule has 0 aliphatic heterocycles. The SMILES string of the molecule is CCCCc1ccc(-c2ccc3cc(F)c(F)cc3c2)cc1. The number of hydrogen-bond acceptors (Lipinski definition) is 0. The van der Waals surface area contributed by atoms with Crippen LogP contribution in [0.2, 0.25) is 0 Å². The van der Waals surface area contributed by atoms with E-state index < -0.39 is 11.6 Å². The Morgan fingerprint density at radius 3 is 2.05 bits per heavy atom. The molecule has 0 aromatic heterocycles. The molecule has 0 heterocycles. The highest BCUT2D eigenvalue weighted by Gasteiger charge is 2.06. The molecule has 0 aliphatic carbocycles. The Morgan fingerprint density at radius 2 is 1.36 bits per heavy atom. The monoisotopic (exact) mass is 296 g/mol. The highest BCUT2D eigenvalue weighted by molar-refractivity contribution is 5.87. The third-order valence-electron chi connectivity index (χ3n) is 3.99. The van der Waals surface area contributed by atoms with E-state index in [4.69, 9.17) is 0 Å². The van der Waals surface area contributed by atoms with Gasteiger partial charge in [-0.05, 0) is 58.5 Å². The van der Waals surface area contributed by atoms with Gasteiger partial charge in [0.25, 0.3) is 0 Å². The van der Waals surface area contributed by atoms with E-state index in [1.807, 2.05) is 18.2 Å². The lowest BCUT2D eigenvalue weighted by molar-refractivity contribution is 0.511. The summed E-state index contributed by atoms with van der Waals surface area (Å²) >= 11 is 0. The van der Waals surface area contributed by atoms with Crippen LogP contribution in [-0.4, -0.2) is 0 Å². The number of hydrogen-bond donors (Lipinski definition) is 0. The molecular weight excluding hydrogens is 278 g/mol. The fourth-order valence-corrected chi connectivity index (χ4v) is 2.67. The molecule has 0 atom stereocenters. The van der Waals surface area contributed by atoms with Crippen molar-refractivity contribution in [2.45, 2.75) is 26.2 Å². The summed E-state index contributed by atoms with van der Waals surface area (Å²) in [6.07, 6.45) is 3.48. The van der Waals surface area contributed by atoms with E-state index >= 15 is 0 Å². The standard InChI is InChI=1S/C20H18F2/c1-2-3-4-14-5-7-15(8-6-14)16-9-10-17-12-19(21)20(22)13-18(17)11-16/h5-13H,2-4H2,1H3. The van der Waals surface area contributed by atoms with Crippen LogP contribution < -0.4 is 0 Å². The summed E-state index contributed by atoms with van der Waals surface area (Å²) in [5, 5.41) is 1.42. The highest BCUT2D eigenvalue weighted by atomic mass is 19.2. The lowest BCUT2D eigenvalue weighted by atomic mass is 9.99. The van der Waals surface area contributed by atoms with Crippen molar-refractivity contribution >= 4 is 10.8 Å². The van der Waals surface area contributed by atoms with Gasteiger partial charge in [0.1, 0.15) is 0 Å². The third kappa shape index (κ3) is 3.01. The molecule has 0 saturated heterocycles. The van der Waals surface area contributed by atoms with Crippen LogP contribution in [0.3, 0.4) is 0 Å². The molecule has 2 heteroatoms. The maximum absolute atomic E-state index is 13.4. The second-order valence-corrected chi connectivity index (χ2v) is 5.63. The first-order valence-corrected chi connectivity index (χ1v) is 7.65. The van der Waals surface area contributed by atoms with E-state index in [-0.39, 0.29) is 0 Å². The minimum Gasteiger partial charge on any atom is -0.204 e. The first-order valence-electron chi connectivity index (χ1n) is 7.65. The van der Waals surface area contributed by atoms with Crippen LogP contribution in [0.4, 0.5) is 8.78 Å². The van der Waals surface area contributed by atoms with Crippen molar-refractivity contribution in [3.8, 4) is 11.1 Å². The van der Waals surface area contributed by atoms with Gasteiger partial charge in [0.15, 0.2) is 11.6 Å². The van der Waals surface area contributed by atoms with Crippen LogP contribution in [0.15, 0.2) is 54.6 Å². The molecule has 0 fully saturated rings. The van der Waals surface area contributed by atoms with E-state index in [0.717, 1.165) is 17.5 Å². The van der Waals surface area contributed by atoms with Crippen LogP contribution in [0.5, 0.6) is 0 Å². The van der Waals surface area contributed by atoms with Crippen LogP contribution in [0.1, 0.15) is 25.3 Å². The summed E-state index contributed by atoms with van der Waals surface area (Å²) in [5.41, 5.74) is 3.44. The summed E-state index contributed by atoms with van der Waals surface area (Å²) in [4.78, 5) is 0. The molecule has 3 aromatic carbocycles. The van der Waals surface area contributed by atoms with Crippen LogP contribution in [0.25, 0.3) is 21.9 Å². The van der Waals surface area contributed by atoms with Crippen molar-refractivity contribution in [1.82, 2.24) is 0 Å². The lowest BCUT2D eigenvalue weighted by Gasteiger charge is -2.06. The Bertz CT molecular complexity index is 789. The van der Waals surface area contributed by atoms with Gasteiger partial charge in [-0.25, -0.2) is 8.78 Å². The molecule has 0 nitrogen and oxygen atoms in total. The molecule has 112 valence electrons. The van der Waals surface area contributed by atoms with Crippen LogP contribution >= 0.6 is 0 Å². The first kappa shape index (κ1) is 14.7. The van der Waals surface area contributed by atoms with E-state index in [0.29, 0.717) is 10.8 Å². The topological polar surface area (TPSA) is 0 Å².